The predicted octanol–water partition coefficient (Wildman–Crippen LogP) is 2.23. The second-order valence-electron chi connectivity index (χ2n) is 3.82. The SMILES string of the molecule is CC[C@H](C)NC(=O)c1c(OC)cccc1OC. The van der Waals surface area contributed by atoms with Crippen LogP contribution in [0.5, 0.6) is 11.5 Å². The minimum Gasteiger partial charge on any atom is -0.496 e. The molecule has 4 nitrogen and oxygen atoms in total. The molecule has 4 heteroatoms. The Morgan fingerprint density at radius 1 is 1.29 bits per heavy atom. The monoisotopic (exact) mass is 237 g/mol. The van der Waals surface area contributed by atoms with Gasteiger partial charge in [0.1, 0.15) is 17.1 Å². The van der Waals surface area contributed by atoms with Crippen LogP contribution < -0.4 is 14.8 Å². The third-order valence-electron chi connectivity index (χ3n) is 2.64. The Morgan fingerprint density at radius 2 is 1.82 bits per heavy atom. The van der Waals surface area contributed by atoms with Crippen LogP contribution in [0.3, 0.4) is 0 Å². The molecule has 1 atom stereocenters. The quantitative estimate of drug-likeness (QED) is 0.854. The van der Waals surface area contributed by atoms with Crippen molar-refractivity contribution in [2.75, 3.05) is 14.2 Å². The van der Waals surface area contributed by atoms with Gasteiger partial charge in [0.2, 0.25) is 0 Å². The Morgan fingerprint density at radius 3 is 2.24 bits per heavy atom. The third-order valence-corrected chi connectivity index (χ3v) is 2.64. The summed E-state index contributed by atoms with van der Waals surface area (Å²) in [5.74, 6) is 0.865. The zero-order valence-corrected chi connectivity index (χ0v) is 10.7. The lowest BCUT2D eigenvalue weighted by Gasteiger charge is -2.15. The largest absolute Gasteiger partial charge is 0.496 e. The van der Waals surface area contributed by atoms with Crippen LogP contribution in [0, 0.1) is 0 Å². The standard InChI is InChI=1S/C13H19NO3/c1-5-9(2)14-13(15)12-10(16-3)7-6-8-11(12)17-4/h6-9H,5H2,1-4H3,(H,14,15)/t9-/m0/s1. The van der Waals surface area contributed by atoms with Crippen molar-refractivity contribution in [2.24, 2.45) is 0 Å². The van der Waals surface area contributed by atoms with Gasteiger partial charge in [0.15, 0.2) is 0 Å². The third kappa shape index (κ3) is 3.12. The number of hydrogen-bond acceptors (Lipinski definition) is 3. The molecule has 0 unspecified atom stereocenters. The van der Waals surface area contributed by atoms with E-state index in [1.165, 1.54) is 14.2 Å². The van der Waals surface area contributed by atoms with Crippen LogP contribution in [0.2, 0.25) is 0 Å². The normalized spacial score (nSPS) is 11.8. The number of amides is 1. The lowest BCUT2D eigenvalue weighted by atomic mass is 10.1. The van der Waals surface area contributed by atoms with Crippen LogP contribution in [0.1, 0.15) is 30.6 Å². The van der Waals surface area contributed by atoms with Crippen molar-refractivity contribution in [3.8, 4) is 11.5 Å². The molecule has 0 saturated heterocycles. The van der Waals surface area contributed by atoms with E-state index in [4.69, 9.17) is 9.47 Å². The Labute approximate surface area is 102 Å². The van der Waals surface area contributed by atoms with E-state index in [-0.39, 0.29) is 11.9 Å². The highest BCUT2D eigenvalue weighted by atomic mass is 16.5. The van der Waals surface area contributed by atoms with Gasteiger partial charge in [-0.25, -0.2) is 0 Å². The van der Waals surface area contributed by atoms with Crippen molar-refractivity contribution in [2.45, 2.75) is 26.3 Å². The molecule has 0 saturated carbocycles. The van der Waals surface area contributed by atoms with Crippen LogP contribution in [0.15, 0.2) is 18.2 Å². The highest BCUT2D eigenvalue weighted by Gasteiger charge is 2.18. The number of carbonyl (C=O) groups is 1. The first-order valence-electron chi connectivity index (χ1n) is 5.65. The van der Waals surface area contributed by atoms with E-state index in [9.17, 15) is 4.79 Å². The Kier molecular flexibility index (Phi) is 4.82. The van der Waals surface area contributed by atoms with Gasteiger partial charge in [-0.05, 0) is 25.5 Å². The predicted molar refractivity (Wildman–Crippen MR) is 66.8 cm³/mol. The Hall–Kier alpha value is -1.71. The molecule has 17 heavy (non-hydrogen) atoms. The molecule has 1 aromatic rings. The van der Waals surface area contributed by atoms with E-state index in [0.29, 0.717) is 17.1 Å². The number of hydrogen-bond donors (Lipinski definition) is 1. The van der Waals surface area contributed by atoms with Crippen molar-refractivity contribution in [3.05, 3.63) is 23.8 Å². The number of ether oxygens (including phenoxy) is 2. The molecule has 0 bridgehead atoms. The lowest BCUT2D eigenvalue weighted by Crippen LogP contribution is -2.32. The first-order chi connectivity index (χ1) is 8.13. The molecule has 0 aliphatic rings. The van der Waals surface area contributed by atoms with Gasteiger partial charge < -0.3 is 14.8 Å². The summed E-state index contributed by atoms with van der Waals surface area (Å²) in [4.78, 5) is 12.1. The maximum Gasteiger partial charge on any atom is 0.259 e. The van der Waals surface area contributed by atoms with Gasteiger partial charge in [0.25, 0.3) is 5.91 Å². The summed E-state index contributed by atoms with van der Waals surface area (Å²) >= 11 is 0. The number of nitrogens with one attached hydrogen (secondary N) is 1. The highest BCUT2D eigenvalue weighted by molar-refractivity contribution is 5.99. The van der Waals surface area contributed by atoms with Gasteiger partial charge in [0.05, 0.1) is 14.2 Å². The number of benzene rings is 1. The van der Waals surface area contributed by atoms with Gasteiger partial charge in [-0.1, -0.05) is 13.0 Å². The summed E-state index contributed by atoms with van der Waals surface area (Å²) in [7, 11) is 3.07. The molecule has 1 N–H and O–H groups in total. The fourth-order valence-electron chi connectivity index (χ4n) is 1.47. The van der Waals surface area contributed by atoms with Crippen LogP contribution in [0.25, 0.3) is 0 Å². The number of methoxy groups -OCH3 is 2. The summed E-state index contributed by atoms with van der Waals surface area (Å²) in [6.07, 6.45) is 0.878. The summed E-state index contributed by atoms with van der Waals surface area (Å²) < 4.78 is 10.4. The van der Waals surface area contributed by atoms with Crippen molar-refractivity contribution in [1.82, 2.24) is 5.32 Å². The van der Waals surface area contributed by atoms with Crippen molar-refractivity contribution in [3.63, 3.8) is 0 Å². The summed E-state index contributed by atoms with van der Waals surface area (Å²) in [5, 5.41) is 2.90. The molecule has 0 aliphatic heterocycles. The molecule has 1 rings (SSSR count). The summed E-state index contributed by atoms with van der Waals surface area (Å²) in [6.45, 7) is 3.98. The van der Waals surface area contributed by atoms with Crippen molar-refractivity contribution < 1.29 is 14.3 Å². The van der Waals surface area contributed by atoms with E-state index in [1.807, 2.05) is 13.8 Å². The van der Waals surface area contributed by atoms with E-state index in [2.05, 4.69) is 5.32 Å². The maximum absolute atomic E-state index is 12.1. The molecule has 94 valence electrons. The van der Waals surface area contributed by atoms with Gasteiger partial charge in [-0.3, -0.25) is 4.79 Å². The van der Waals surface area contributed by atoms with Gasteiger partial charge in [0, 0.05) is 6.04 Å². The molecule has 1 aromatic carbocycles. The molecule has 1 amide bonds. The highest BCUT2D eigenvalue weighted by Crippen LogP contribution is 2.28. The number of carbonyl (C=O) groups excluding carboxylic acids is 1. The lowest BCUT2D eigenvalue weighted by molar-refractivity contribution is 0.0933. The van der Waals surface area contributed by atoms with E-state index in [0.717, 1.165) is 6.42 Å². The second-order valence-corrected chi connectivity index (χ2v) is 3.82. The topological polar surface area (TPSA) is 47.6 Å². The zero-order valence-electron chi connectivity index (χ0n) is 10.7. The fraction of sp³-hybridized carbons (Fsp3) is 0.462. The van der Waals surface area contributed by atoms with E-state index < -0.39 is 0 Å². The van der Waals surface area contributed by atoms with E-state index >= 15 is 0 Å². The number of rotatable bonds is 5. The molecule has 0 aliphatic carbocycles. The first-order valence-corrected chi connectivity index (χ1v) is 5.65. The van der Waals surface area contributed by atoms with Gasteiger partial charge >= 0.3 is 0 Å². The molecular weight excluding hydrogens is 218 g/mol. The molecule has 0 radical (unpaired) electrons. The smallest absolute Gasteiger partial charge is 0.259 e. The fourth-order valence-corrected chi connectivity index (χ4v) is 1.47. The van der Waals surface area contributed by atoms with Crippen molar-refractivity contribution >= 4 is 5.91 Å². The van der Waals surface area contributed by atoms with E-state index in [1.54, 1.807) is 18.2 Å². The maximum atomic E-state index is 12.1. The average molecular weight is 237 g/mol. The van der Waals surface area contributed by atoms with Crippen molar-refractivity contribution in [1.29, 1.82) is 0 Å². The first kappa shape index (κ1) is 13.4. The van der Waals surface area contributed by atoms with Crippen LogP contribution in [0.4, 0.5) is 0 Å². The second kappa shape index (κ2) is 6.13. The minimum atomic E-state index is -0.173. The van der Waals surface area contributed by atoms with Gasteiger partial charge in [-0.15, -0.1) is 0 Å². The molecule has 0 heterocycles. The summed E-state index contributed by atoms with van der Waals surface area (Å²) in [5.41, 5.74) is 0.442. The molecule has 0 aromatic heterocycles. The van der Waals surface area contributed by atoms with Crippen LogP contribution >= 0.6 is 0 Å². The molecule has 0 spiro atoms. The minimum absolute atomic E-state index is 0.122. The molecular formula is C13H19NO3. The van der Waals surface area contributed by atoms with Crippen LogP contribution in [-0.4, -0.2) is 26.2 Å². The molecule has 0 fully saturated rings. The Bertz CT molecular complexity index is 368. The van der Waals surface area contributed by atoms with Crippen LogP contribution in [-0.2, 0) is 0 Å². The Balaban J connectivity index is 3.05. The average Bonchev–Trinajstić information content (AvgIpc) is 2.37. The van der Waals surface area contributed by atoms with Gasteiger partial charge in [-0.2, -0.15) is 0 Å². The summed E-state index contributed by atoms with van der Waals surface area (Å²) in [6, 6.07) is 5.40. The zero-order chi connectivity index (χ0) is 12.8.